The van der Waals surface area contributed by atoms with E-state index in [0.717, 1.165) is 26.2 Å². The first-order valence-electron chi connectivity index (χ1n) is 7.67. The summed E-state index contributed by atoms with van der Waals surface area (Å²) >= 11 is 1.43. The molecule has 1 amide bonds. The van der Waals surface area contributed by atoms with Gasteiger partial charge in [0.15, 0.2) is 5.13 Å². The fourth-order valence-corrected chi connectivity index (χ4v) is 2.84. The molecular weight excluding hydrogens is 300 g/mol. The highest BCUT2D eigenvalue weighted by atomic mass is 32.1. The van der Waals surface area contributed by atoms with Gasteiger partial charge in [0.2, 0.25) is 5.91 Å². The second-order valence-electron chi connectivity index (χ2n) is 6.84. The van der Waals surface area contributed by atoms with Crippen LogP contribution in [0.25, 0.3) is 0 Å². The molecule has 124 valence electrons. The Morgan fingerprint density at radius 1 is 1.36 bits per heavy atom. The van der Waals surface area contributed by atoms with Gasteiger partial charge in [-0.1, -0.05) is 20.8 Å². The summed E-state index contributed by atoms with van der Waals surface area (Å²) in [5, 5.41) is 15.5. The van der Waals surface area contributed by atoms with Crippen molar-refractivity contribution < 1.29 is 9.90 Å². The molecular formula is C15H26N4O2S. The predicted octanol–water partition coefficient (Wildman–Crippen LogP) is 1.11. The molecule has 0 saturated carbocycles. The van der Waals surface area contributed by atoms with Gasteiger partial charge in [-0.25, -0.2) is 4.98 Å². The van der Waals surface area contributed by atoms with Crippen LogP contribution >= 0.6 is 11.3 Å². The van der Waals surface area contributed by atoms with Crippen molar-refractivity contribution in [3.05, 3.63) is 11.6 Å². The maximum Gasteiger partial charge on any atom is 0.240 e. The van der Waals surface area contributed by atoms with Gasteiger partial charge >= 0.3 is 0 Å². The summed E-state index contributed by atoms with van der Waals surface area (Å²) in [6, 6.07) is 0. The normalized spacial score (nSPS) is 19.1. The molecule has 1 saturated heterocycles. The Balaban J connectivity index is 1.70. The number of aliphatic hydroxyl groups excluding tert-OH is 1. The summed E-state index contributed by atoms with van der Waals surface area (Å²) in [5.41, 5.74) is -0.0925. The van der Waals surface area contributed by atoms with Crippen molar-refractivity contribution in [3.8, 4) is 0 Å². The Hall–Kier alpha value is -1.02. The third-order valence-electron chi connectivity index (χ3n) is 3.94. The Bertz CT molecular complexity index is 464. The monoisotopic (exact) mass is 326 g/mol. The summed E-state index contributed by atoms with van der Waals surface area (Å²) in [7, 11) is 0. The van der Waals surface area contributed by atoms with E-state index in [1.807, 2.05) is 5.38 Å². The number of anilines is 1. The smallest absolute Gasteiger partial charge is 0.240 e. The van der Waals surface area contributed by atoms with E-state index in [9.17, 15) is 9.90 Å². The topological polar surface area (TPSA) is 68.7 Å². The van der Waals surface area contributed by atoms with Crippen LogP contribution in [0.4, 0.5) is 5.13 Å². The van der Waals surface area contributed by atoms with Gasteiger partial charge in [0.25, 0.3) is 0 Å². The fourth-order valence-electron chi connectivity index (χ4n) is 2.30. The van der Waals surface area contributed by atoms with Crippen LogP contribution in [0, 0.1) is 5.41 Å². The molecule has 1 aliphatic heterocycles. The maximum absolute atomic E-state index is 11.9. The van der Waals surface area contributed by atoms with Gasteiger partial charge in [0, 0.05) is 44.3 Å². The summed E-state index contributed by atoms with van der Waals surface area (Å²) < 4.78 is 0. The molecule has 1 aromatic rings. The lowest BCUT2D eigenvalue weighted by Crippen LogP contribution is -2.51. The van der Waals surface area contributed by atoms with Gasteiger partial charge in [-0.2, -0.15) is 0 Å². The third kappa shape index (κ3) is 5.31. The second kappa shape index (κ2) is 7.50. The van der Waals surface area contributed by atoms with E-state index in [-0.39, 0.29) is 17.4 Å². The van der Waals surface area contributed by atoms with Crippen molar-refractivity contribution in [2.45, 2.75) is 26.9 Å². The van der Waals surface area contributed by atoms with Crippen molar-refractivity contribution in [2.75, 3.05) is 44.6 Å². The molecule has 0 radical (unpaired) electrons. The Labute approximate surface area is 136 Å². The van der Waals surface area contributed by atoms with Crippen LogP contribution in [0.5, 0.6) is 0 Å². The number of thiazole rings is 1. The number of hydrogen-bond acceptors (Lipinski definition) is 6. The Kier molecular flexibility index (Phi) is 5.91. The molecule has 6 nitrogen and oxygen atoms in total. The van der Waals surface area contributed by atoms with E-state index in [2.05, 4.69) is 40.9 Å². The lowest BCUT2D eigenvalue weighted by atomic mass is 9.89. The molecule has 1 unspecified atom stereocenters. The highest BCUT2D eigenvalue weighted by Crippen LogP contribution is 2.20. The highest BCUT2D eigenvalue weighted by molar-refractivity contribution is 7.13. The van der Waals surface area contributed by atoms with Gasteiger partial charge in [0.05, 0.1) is 12.6 Å². The van der Waals surface area contributed by atoms with E-state index in [4.69, 9.17) is 0 Å². The van der Waals surface area contributed by atoms with Crippen molar-refractivity contribution in [1.82, 2.24) is 14.8 Å². The van der Waals surface area contributed by atoms with Crippen LogP contribution in [-0.4, -0.2) is 71.2 Å². The summed E-state index contributed by atoms with van der Waals surface area (Å²) in [6.45, 7) is 10.7. The van der Waals surface area contributed by atoms with Crippen LogP contribution in [0.2, 0.25) is 0 Å². The minimum atomic E-state index is -0.327. The number of aliphatic hydroxyl groups is 1. The average Bonchev–Trinajstić information content (AvgIpc) is 2.92. The van der Waals surface area contributed by atoms with E-state index < -0.39 is 0 Å². The van der Waals surface area contributed by atoms with E-state index in [0.29, 0.717) is 18.2 Å². The third-order valence-corrected chi connectivity index (χ3v) is 4.63. The number of nitrogens with one attached hydrogen (secondary N) is 1. The number of hydrogen-bond donors (Lipinski definition) is 2. The number of carbonyl (C=O) groups excluding carboxylic acids is 1. The molecule has 2 N–H and O–H groups in total. The first kappa shape index (κ1) is 17.3. The molecule has 0 bridgehead atoms. The lowest BCUT2D eigenvalue weighted by Gasteiger charge is -2.37. The standard InChI is InChI=1S/C15H26N4O2S/c1-15(2,3)12(20)10-18-5-7-19(8-6-18)11-13(21)17-14-16-4-9-22-14/h4,9,12,20H,5-8,10-11H2,1-3H3,(H,16,17,21). The Morgan fingerprint density at radius 3 is 2.55 bits per heavy atom. The molecule has 1 atom stereocenters. The molecule has 0 aromatic carbocycles. The zero-order chi connectivity index (χ0) is 16.2. The van der Waals surface area contributed by atoms with Crippen LogP contribution in [0.1, 0.15) is 20.8 Å². The summed E-state index contributed by atoms with van der Waals surface area (Å²) in [4.78, 5) is 20.4. The minimum absolute atomic E-state index is 0.0156. The van der Waals surface area contributed by atoms with Crippen LogP contribution in [-0.2, 0) is 4.79 Å². The fraction of sp³-hybridized carbons (Fsp3) is 0.733. The first-order valence-corrected chi connectivity index (χ1v) is 8.54. The first-order chi connectivity index (χ1) is 10.3. The molecule has 1 aromatic heterocycles. The minimum Gasteiger partial charge on any atom is -0.391 e. The molecule has 1 aliphatic rings. The largest absolute Gasteiger partial charge is 0.391 e. The average molecular weight is 326 g/mol. The van der Waals surface area contributed by atoms with E-state index in [1.165, 1.54) is 11.3 Å². The van der Waals surface area contributed by atoms with Gasteiger partial charge in [-0.15, -0.1) is 11.3 Å². The predicted molar refractivity (Wildman–Crippen MR) is 89.1 cm³/mol. The molecule has 2 heterocycles. The molecule has 1 fully saturated rings. The Morgan fingerprint density at radius 2 is 2.00 bits per heavy atom. The molecule has 22 heavy (non-hydrogen) atoms. The number of rotatable bonds is 5. The van der Waals surface area contributed by atoms with Crippen LogP contribution < -0.4 is 5.32 Å². The zero-order valence-corrected chi connectivity index (χ0v) is 14.4. The van der Waals surface area contributed by atoms with Gasteiger partial charge < -0.3 is 10.4 Å². The van der Waals surface area contributed by atoms with Gasteiger partial charge in [-0.3, -0.25) is 14.6 Å². The van der Waals surface area contributed by atoms with Gasteiger partial charge in [0.1, 0.15) is 0 Å². The van der Waals surface area contributed by atoms with Gasteiger partial charge in [-0.05, 0) is 5.41 Å². The van der Waals surface area contributed by atoms with Crippen molar-refractivity contribution in [1.29, 1.82) is 0 Å². The van der Waals surface area contributed by atoms with Crippen molar-refractivity contribution >= 4 is 22.4 Å². The summed E-state index contributed by atoms with van der Waals surface area (Å²) in [6.07, 6.45) is 1.35. The SMILES string of the molecule is CC(C)(C)C(O)CN1CCN(CC(=O)Nc2nccs2)CC1. The van der Waals surface area contributed by atoms with Crippen LogP contribution in [0.3, 0.4) is 0 Å². The number of β-amino-alcohol motifs (C(OH)–C–C–N with tert-alkyl or cyclic N) is 1. The summed E-state index contributed by atoms with van der Waals surface area (Å²) in [5.74, 6) is -0.0156. The number of aromatic nitrogens is 1. The number of nitrogens with zero attached hydrogens (tertiary/aromatic N) is 3. The number of carbonyl (C=O) groups is 1. The highest BCUT2D eigenvalue weighted by Gasteiger charge is 2.26. The van der Waals surface area contributed by atoms with Crippen molar-refractivity contribution in [2.24, 2.45) is 5.41 Å². The quantitative estimate of drug-likeness (QED) is 0.848. The molecule has 0 aliphatic carbocycles. The van der Waals surface area contributed by atoms with Crippen LogP contribution in [0.15, 0.2) is 11.6 Å². The van der Waals surface area contributed by atoms with E-state index >= 15 is 0 Å². The maximum atomic E-state index is 11.9. The molecule has 0 spiro atoms. The van der Waals surface area contributed by atoms with Crippen molar-refractivity contribution in [3.63, 3.8) is 0 Å². The molecule has 2 rings (SSSR count). The lowest BCUT2D eigenvalue weighted by molar-refractivity contribution is -0.117. The second-order valence-corrected chi connectivity index (χ2v) is 7.74. The zero-order valence-electron chi connectivity index (χ0n) is 13.6. The number of amides is 1. The number of piperazine rings is 1. The van der Waals surface area contributed by atoms with E-state index in [1.54, 1.807) is 6.20 Å². The molecule has 7 heteroatoms.